The smallest absolute Gasteiger partial charge is 0.338 e. The van der Waals surface area contributed by atoms with Crippen molar-refractivity contribution in [1.82, 2.24) is 4.90 Å². The van der Waals surface area contributed by atoms with Gasteiger partial charge in [-0.1, -0.05) is 59.2 Å². The van der Waals surface area contributed by atoms with Crippen molar-refractivity contribution in [3.63, 3.8) is 0 Å². The van der Waals surface area contributed by atoms with Gasteiger partial charge in [-0.15, -0.1) is 0 Å². The number of esters is 1. The van der Waals surface area contributed by atoms with Gasteiger partial charge in [-0.05, 0) is 44.4 Å². The number of amidine groups is 1. The average molecular weight is 463 g/mol. The third kappa shape index (κ3) is 4.26. The van der Waals surface area contributed by atoms with Gasteiger partial charge in [-0.25, -0.2) is 9.79 Å². The molecule has 30 heavy (non-hydrogen) atoms. The van der Waals surface area contributed by atoms with Crippen LogP contribution in [0.5, 0.6) is 0 Å². The van der Waals surface area contributed by atoms with Gasteiger partial charge in [0.15, 0.2) is 5.17 Å². The summed E-state index contributed by atoms with van der Waals surface area (Å²) >= 11 is 14.2. The third-order valence-electron chi connectivity index (χ3n) is 4.60. The van der Waals surface area contributed by atoms with Crippen molar-refractivity contribution < 1.29 is 14.3 Å². The topological polar surface area (TPSA) is 59.0 Å². The predicted molar refractivity (Wildman–Crippen MR) is 122 cm³/mol. The van der Waals surface area contributed by atoms with Crippen LogP contribution in [0.3, 0.4) is 0 Å². The highest BCUT2D eigenvalue weighted by molar-refractivity contribution is 8.13. The van der Waals surface area contributed by atoms with Crippen molar-refractivity contribution in [3.8, 4) is 0 Å². The van der Waals surface area contributed by atoms with Crippen molar-refractivity contribution in [2.24, 2.45) is 4.99 Å². The summed E-state index contributed by atoms with van der Waals surface area (Å²) in [5.41, 5.74) is 1.65. The fourth-order valence-electron chi connectivity index (χ4n) is 3.24. The average Bonchev–Trinajstić information content (AvgIpc) is 2.73. The first-order valence-corrected chi connectivity index (χ1v) is 11.2. The molecule has 1 aliphatic rings. The Morgan fingerprint density at radius 3 is 2.30 bits per heavy atom. The van der Waals surface area contributed by atoms with Crippen LogP contribution >= 0.6 is 35.0 Å². The Labute approximate surface area is 189 Å². The molecule has 0 aromatic heterocycles. The molecule has 0 N–H and O–H groups in total. The lowest BCUT2D eigenvalue weighted by molar-refractivity contribution is -0.139. The fraction of sp³-hybridized carbons (Fsp3) is 0.227. The maximum atomic E-state index is 13.3. The van der Waals surface area contributed by atoms with Gasteiger partial charge in [0, 0.05) is 26.9 Å². The summed E-state index contributed by atoms with van der Waals surface area (Å²) in [6, 6.07) is 13.2. The van der Waals surface area contributed by atoms with Crippen molar-refractivity contribution in [1.29, 1.82) is 0 Å². The monoisotopic (exact) mass is 462 g/mol. The third-order valence-corrected chi connectivity index (χ3v) is 5.92. The van der Waals surface area contributed by atoms with E-state index in [-0.39, 0.29) is 18.1 Å². The highest BCUT2D eigenvalue weighted by atomic mass is 35.5. The Morgan fingerprint density at radius 1 is 1.10 bits per heavy atom. The Balaban J connectivity index is 2.21. The maximum Gasteiger partial charge on any atom is 0.338 e. The summed E-state index contributed by atoms with van der Waals surface area (Å²) in [6.07, 6.45) is 1.82. The fourth-order valence-corrected chi connectivity index (χ4v) is 4.45. The number of hydrogen-bond donors (Lipinski definition) is 0. The highest BCUT2D eigenvalue weighted by Gasteiger charge is 2.38. The molecule has 0 saturated carbocycles. The molecule has 1 amide bonds. The summed E-state index contributed by atoms with van der Waals surface area (Å²) in [5, 5.41) is 1.21. The highest BCUT2D eigenvalue weighted by Crippen LogP contribution is 2.42. The standard InChI is InChI=1S/C22H20Cl2N2O3S/c1-4-29-21(28)17-13(2)26(20(27)14-9-6-5-7-10-14)22(30-3)25-19(17)18-15(23)11-8-12-16(18)24/h5-12,19H,4H2,1-3H3. The normalized spacial score (nSPS) is 16.4. The number of ether oxygens (including phenoxy) is 1. The second-order valence-corrected chi connectivity index (χ2v) is 7.97. The van der Waals surface area contributed by atoms with E-state index < -0.39 is 12.0 Å². The number of aliphatic imine (C=N–C) groups is 1. The van der Waals surface area contributed by atoms with Crippen molar-refractivity contribution in [2.45, 2.75) is 19.9 Å². The van der Waals surface area contributed by atoms with Crippen LogP contribution in [0, 0.1) is 0 Å². The van der Waals surface area contributed by atoms with Crippen LogP contribution < -0.4 is 0 Å². The zero-order valence-electron chi connectivity index (χ0n) is 16.7. The van der Waals surface area contributed by atoms with E-state index in [1.54, 1.807) is 56.3 Å². The molecule has 0 radical (unpaired) electrons. The summed E-state index contributed by atoms with van der Waals surface area (Å²) < 4.78 is 5.29. The van der Waals surface area contributed by atoms with Gasteiger partial charge in [0.1, 0.15) is 6.04 Å². The predicted octanol–water partition coefficient (Wildman–Crippen LogP) is 5.75. The summed E-state index contributed by atoms with van der Waals surface area (Å²) in [7, 11) is 0. The molecule has 0 aliphatic carbocycles. The second-order valence-electron chi connectivity index (χ2n) is 6.38. The first kappa shape index (κ1) is 22.4. The summed E-state index contributed by atoms with van der Waals surface area (Å²) in [6.45, 7) is 3.61. The Kier molecular flexibility index (Phi) is 7.23. The van der Waals surface area contributed by atoms with Gasteiger partial charge in [0.25, 0.3) is 5.91 Å². The van der Waals surface area contributed by atoms with Crippen molar-refractivity contribution in [2.75, 3.05) is 12.9 Å². The molecular formula is C22H20Cl2N2O3S. The number of allylic oxidation sites excluding steroid dienone is 1. The summed E-state index contributed by atoms with van der Waals surface area (Å²) in [4.78, 5) is 32.4. The number of rotatable bonds is 4. The van der Waals surface area contributed by atoms with Gasteiger partial charge in [-0.2, -0.15) is 0 Å². The van der Waals surface area contributed by atoms with Crippen molar-refractivity contribution in [3.05, 3.63) is 81.0 Å². The van der Waals surface area contributed by atoms with Crippen LogP contribution in [0.2, 0.25) is 10.0 Å². The van der Waals surface area contributed by atoms with Crippen LogP contribution in [0.25, 0.3) is 0 Å². The number of carbonyl (C=O) groups excluding carboxylic acids is 2. The number of nitrogens with zero attached hydrogens (tertiary/aromatic N) is 2. The van der Waals surface area contributed by atoms with Gasteiger partial charge < -0.3 is 4.74 Å². The number of benzene rings is 2. The van der Waals surface area contributed by atoms with E-state index in [2.05, 4.69) is 0 Å². The first-order chi connectivity index (χ1) is 14.4. The van der Waals surface area contributed by atoms with E-state index in [1.165, 1.54) is 16.7 Å². The largest absolute Gasteiger partial charge is 0.463 e. The quantitative estimate of drug-likeness (QED) is 0.542. The second kappa shape index (κ2) is 9.69. The Morgan fingerprint density at radius 2 is 1.73 bits per heavy atom. The molecule has 1 atom stereocenters. The number of hydrogen-bond acceptors (Lipinski definition) is 5. The molecule has 2 aromatic carbocycles. The number of halogens is 2. The van der Waals surface area contributed by atoms with Gasteiger partial charge in [0.2, 0.25) is 0 Å². The molecule has 3 rings (SSSR count). The molecular weight excluding hydrogens is 443 g/mol. The molecule has 5 nitrogen and oxygen atoms in total. The van der Waals surface area contributed by atoms with E-state index in [4.69, 9.17) is 32.9 Å². The van der Waals surface area contributed by atoms with Crippen LogP contribution in [0.1, 0.15) is 35.8 Å². The van der Waals surface area contributed by atoms with Crippen LogP contribution in [0.15, 0.2) is 64.8 Å². The minimum absolute atomic E-state index is 0.185. The number of thioether (sulfide) groups is 1. The minimum Gasteiger partial charge on any atom is -0.463 e. The lowest BCUT2D eigenvalue weighted by atomic mass is 9.95. The maximum absolute atomic E-state index is 13.3. The van der Waals surface area contributed by atoms with Gasteiger partial charge in [-0.3, -0.25) is 9.69 Å². The van der Waals surface area contributed by atoms with Gasteiger partial charge in [0.05, 0.1) is 12.2 Å². The van der Waals surface area contributed by atoms with Crippen LogP contribution in [-0.4, -0.2) is 34.8 Å². The molecule has 8 heteroatoms. The zero-order chi connectivity index (χ0) is 21.8. The number of amides is 1. The van der Waals surface area contributed by atoms with Crippen LogP contribution in [0.4, 0.5) is 0 Å². The van der Waals surface area contributed by atoms with Crippen molar-refractivity contribution >= 4 is 52.0 Å². The van der Waals surface area contributed by atoms with E-state index >= 15 is 0 Å². The van der Waals surface area contributed by atoms with E-state index in [9.17, 15) is 9.59 Å². The molecule has 1 heterocycles. The SMILES string of the molecule is CCOC(=O)C1=C(C)N(C(=O)c2ccccc2)C(SC)=NC1c1c(Cl)cccc1Cl. The molecule has 1 unspecified atom stereocenters. The van der Waals surface area contributed by atoms with Crippen LogP contribution in [-0.2, 0) is 9.53 Å². The Hall–Kier alpha value is -2.28. The lowest BCUT2D eigenvalue weighted by Crippen LogP contribution is -2.39. The molecule has 0 bridgehead atoms. The molecule has 2 aromatic rings. The molecule has 1 aliphatic heterocycles. The first-order valence-electron chi connectivity index (χ1n) is 9.23. The van der Waals surface area contributed by atoms with E-state index in [0.717, 1.165) is 0 Å². The summed E-state index contributed by atoms with van der Waals surface area (Å²) in [5.74, 6) is -0.850. The molecule has 0 fully saturated rings. The minimum atomic E-state index is -0.785. The molecule has 0 spiro atoms. The Bertz CT molecular complexity index is 1020. The molecule has 156 valence electrons. The lowest BCUT2D eigenvalue weighted by Gasteiger charge is -2.33. The zero-order valence-corrected chi connectivity index (χ0v) is 19.0. The molecule has 0 saturated heterocycles. The van der Waals surface area contributed by atoms with E-state index in [0.29, 0.717) is 32.0 Å². The number of carbonyl (C=O) groups is 2. The van der Waals surface area contributed by atoms with E-state index in [1.807, 2.05) is 12.3 Å². The van der Waals surface area contributed by atoms with Gasteiger partial charge >= 0.3 is 5.97 Å².